The maximum Gasteiger partial charge on any atom is 0.218 e. The van der Waals surface area contributed by atoms with Crippen molar-refractivity contribution in [3.63, 3.8) is 0 Å². The first-order valence-electron chi connectivity index (χ1n) is 9.23. The van der Waals surface area contributed by atoms with E-state index in [-0.39, 0.29) is 5.75 Å². The lowest BCUT2D eigenvalue weighted by Gasteiger charge is -2.34. The zero-order valence-corrected chi connectivity index (χ0v) is 16.0. The van der Waals surface area contributed by atoms with E-state index >= 15 is 0 Å². The van der Waals surface area contributed by atoms with Crippen molar-refractivity contribution in [2.45, 2.75) is 12.3 Å². The highest BCUT2D eigenvalue weighted by Gasteiger charge is 2.28. The number of nitrogens with zero attached hydrogens (tertiary/aromatic N) is 2. The van der Waals surface area contributed by atoms with Gasteiger partial charge in [-0.05, 0) is 11.6 Å². The van der Waals surface area contributed by atoms with Crippen LogP contribution >= 0.6 is 0 Å². The predicted octanol–water partition coefficient (Wildman–Crippen LogP) is 2.11. The number of rotatable bonds is 5. The molecule has 1 saturated heterocycles. The number of hydrogen-bond acceptors (Lipinski definition) is 5. The van der Waals surface area contributed by atoms with Crippen molar-refractivity contribution in [2.75, 3.05) is 39.4 Å². The molecular formula is C20H24N2O4S. The summed E-state index contributed by atoms with van der Waals surface area (Å²) >= 11 is 0. The van der Waals surface area contributed by atoms with Gasteiger partial charge in [-0.3, -0.25) is 4.90 Å². The Morgan fingerprint density at radius 1 is 0.852 bits per heavy atom. The molecule has 0 atom stereocenters. The molecule has 2 heterocycles. The monoisotopic (exact) mass is 388 g/mol. The van der Waals surface area contributed by atoms with E-state index in [1.807, 2.05) is 48.5 Å². The van der Waals surface area contributed by atoms with Crippen LogP contribution in [0, 0.1) is 0 Å². The van der Waals surface area contributed by atoms with Crippen molar-refractivity contribution in [1.82, 2.24) is 9.21 Å². The van der Waals surface area contributed by atoms with E-state index in [2.05, 4.69) is 4.90 Å². The molecule has 144 valence electrons. The van der Waals surface area contributed by atoms with Crippen molar-refractivity contribution in [3.8, 4) is 11.5 Å². The molecule has 0 spiro atoms. The molecular weight excluding hydrogens is 364 g/mol. The zero-order valence-electron chi connectivity index (χ0n) is 15.2. The molecule has 0 unspecified atom stereocenters. The molecule has 0 saturated carbocycles. The summed E-state index contributed by atoms with van der Waals surface area (Å²) in [5, 5.41) is 0. The minimum atomic E-state index is -3.29. The Kier molecular flexibility index (Phi) is 5.33. The van der Waals surface area contributed by atoms with Gasteiger partial charge in [-0.2, -0.15) is 4.31 Å². The van der Waals surface area contributed by atoms with Crippen LogP contribution < -0.4 is 9.47 Å². The summed E-state index contributed by atoms with van der Waals surface area (Å²) in [5.74, 6) is 1.68. The largest absolute Gasteiger partial charge is 0.486 e. The van der Waals surface area contributed by atoms with Crippen LogP contribution in [0.15, 0.2) is 48.5 Å². The Morgan fingerprint density at radius 3 is 2.37 bits per heavy atom. The number of piperazine rings is 1. The third-order valence-electron chi connectivity index (χ3n) is 4.96. The third kappa shape index (κ3) is 4.26. The normalized spacial score (nSPS) is 18.4. The smallest absolute Gasteiger partial charge is 0.218 e. The standard InChI is InChI=1S/C20H24N2O4S/c23-27(24,16-17-5-2-1-3-6-17)22-11-9-21(10-12-22)15-18-7-4-8-19-20(18)26-14-13-25-19/h1-8H,9-16H2. The second-order valence-electron chi connectivity index (χ2n) is 6.86. The number of para-hydroxylation sites is 1. The lowest BCUT2D eigenvalue weighted by atomic mass is 10.1. The van der Waals surface area contributed by atoms with Gasteiger partial charge >= 0.3 is 0 Å². The van der Waals surface area contributed by atoms with Crippen LogP contribution in [0.25, 0.3) is 0 Å². The minimum absolute atomic E-state index is 0.0607. The molecule has 2 aromatic carbocycles. The summed E-state index contributed by atoms with van der Waals surface area (Å²) in [5.41, 5.74) is 1.92. The van der Waals surface area contributed by atoms with Crippen molar-refractivity contribution in [3.05, 3.63) is 59.7 Å². The number of hydrogen-bond donors (Lipinski definition) is 0. The minimum Gasteiger partial charge on any atom is -0.486 e. The summed E-state index contributed by atoms with van der Waals surface area (Å²) in [7, 11) is -3.29. The Hall–Kier alpha value is -2.09. The molecule has 0 bridgehead atoms. The zero-order chi connectivity index (χ0) is 18.7. The molecule has 6 nitrogen and oxygen atoms in total. The van der Waals surface area contributed by atoms with Gasteiger partial charge in [0.15, 0.2) is 11.5 Å². The molecule has 0 amide bonds. The fourth-order valence-electron chi connectivity index (χ4n) is 3.54. The molecule has 0 N–H and O–H groups in total. The van der Waals surface area contributed by atoms with E-state index < -0.39 is 10.0 Å². The summed E-state index contributed by atoms with van der Waals surface area (Å²) in [6, 6.07) is 15.3. The lowest BCUT2D eigenvalue weighted by molar-refractivity contribution is 0.158. The third-order valence-corrected chi connectivity index (χ3v) is 6.81. The summed E-state index contributed by atoms with van der Waals surface area (Å²) in [6.45, 7) is 4.32. The molecule has 4 rings (SSSR count). The SMILES string of the molecule is O=S(=O)(Cc1ccccc1)N1CCN(Cc2cccc3c2OCCO3)CC1. The topological polar surface area (TPSA) is 59.1 Å². The van der Waals surface area contributed by atoms with Gasteiger partial charge in [0.25, 0.3) is 0 Å². The van der Waals surface area contributed by atoms with Gasteiger partial charge in [-0.15, -0.1) is 0 Å². The van der Waals surface area contributed by atoms with E-state index in [1.165, 1.54) is 0 Å². The fourth-order valence-corrected chi connectivity index (χ4v) is 5.06. The van der Waals surface area contributed by atoms with Gasteiger partial charge in [0, 0.05) is 38.3 Å². The molecule has 27 heavy (non-hydrogen) atoms. The van der Waals surface area contributed by atoms with Crippen LogP contribution in [-0.2, 0) is 22.3 Å². The highest BCUT2D eigenvalue weighted by atomic mass is 32.2. The van der Waals surface area contributed by atoms with Gasteiger partial charge in [-0.25, -0.2) is 8.42 Å². The van der Waals surface area contributed by atoms with Crippen LogP contribution in [-0.4, -0.2) is 57.0 Å². The Labute approximate surface area is 160 Å². The van der Waals surface area contributed by atoms with E-state index in [9.17, 15) is 8.42 Å². The quantitative estimate of drug-likeness (QED) is 0.785. The fraction of sp³-hybridized carbons (Fsp3) is 0.400. The number of sulfonamides is 1. The molecule has 1 fully saturated rings. The first-order chi connectivity index (χ1) is 13.1. The predicted molar refractivity (Wildman–Crippen MR) is 103 cm³/mol. The Balaban J connectivity index is 1.37. The first kappa shape index (κ1) is 18.3. The van der Waals surface area contributed by atoms with Gasteiger partial charge in [0.1, 0.15) is 13.2 Å². The molecule has 2 aliphatic rings. The Bertz CT molecular complexity index is 878. The highest BCUT2D eigenvalue weighted by molar-refractivity contribution is 7.88. The van der Waals surface area contributed by atoms with E-state index in [0.717, 1.165) is 29.2 Å². The van der Waals surface area contributed by atoms with E-state index in [4.69, 9.17) is 9.47 Å². The number of ether oxygens (including phenoxy) is 2. The van der Waals surface area contributed by atoms with Gasteiger partial charge < -0.3 is 9.47 Å². The van der Waals surface area contributed by atoms with Gasteiger partial charge in [-0.1, -0.05) is 42.5 Å². The van der Waals surface area contributed by atoms with Crippen LogP contribution in [0.4, 0.5) is 0 Å². The van der Waals surface area contributed by atoms with Crippen LogP contribution in [0.2, 0.25) is 0 Å². The van der Waals surface area contributed by atoms with Crippen LogP contribution in [0.1, 0.15) is 11.1 Å². The van der Waals surface area contributed by atoms with E-state index in [0.29, 0.717) is 39.4 Å². The van der Waals surface area contributed by atoms with Crippen molar-refractivity contribution in [1.29, 1.82) is 0 Å². The second kappa shape index (κ2) is 7.88. The average Bonchev–Trinajstić information content (AvgIpc) is 2.69. The van der Waals surface area contributed by atoms with Crippen molar-refractivity contribution in [2.24, 2.45) is 0 Å². The molecule has 0 aliphatic carbocycles. The number of fused-ring (bicyclic) bond motifs is 1. The van der Waals surface area contributed by atoms with Crippen LogP contribution in [0.5, 0.6) is 11.5 Å². The maximum atomic E-state index is 12.7. The maximum absolute atomic E-state index is 12.7. The summed E-state index contributed by atoms with van der Waals surface area (Å²) in [6.07, 6.45) is 0. The van der Waals surface area contributed by atoms with Crippen molar-refractivity contribution < 1.29 is 17.9 Å². The Morgan fingerprint density at radius 2 is 1.59 bits per heavy atom. The average molecular weight is 388 g/mol. The molecule has 0 aromatic heterocycles. The second-order valence-corrected chi connectivity index (χ2v) is 8.83. The molecule has 7 heteroatoms. The van der Waals surface area contributed by atoms with Crippen molar-refractivity contribution >= 4 is 10.0 Å². The van der Waals surface area contributed by atoms with Crippen LogP contribution in [0.3, 0.4) is 0 Å². The van der Waals surface area contributed by atoms with Gasteiger partial charge in [0.2, 0.25) is 10.0 Å². The summed E-state index contributed by atoms with van der Waals surface area (Å²) in [4.78, 5) is 2.27. The van der Waals surface area contributed by atoms with Gasteiger partial charge in [0.05, 0.1) is 5.75 Å². The lowest BCUT2D eigenvalue weighted by Crippen LogP contribution is -2.48. The first-order valence-corrected chi connectivity index (χ1v) is 10.8. The highest BCUT2D eigenvalue weighted by Crippen LogP contribution is 2.34. The molecule has 2 aromatic rings. The molecule has 0 radical (unpaired) electrons. The number of benzene rings is 2. The summed E-state index contributed by atoms with van der Waals surface area (Å²) < 4.78 is 38.4. The van der Waals surface area contributed by atoms with E-state index in [1.54, 1.807) is 4.31 Å². The molecule has 2 aliphatic heterocycles.